The summed E-state index contributed by atoms with van der Waals surface area (Å²) in [5.41, 5.74) is 0.311. The molecule has 0 saturated heterocycles. The first kappa shape index (κ1) is 9.26. The van der Waals surface area contributed by atoms with E-state index in [4.69, 9.17) is 5.11 Å². The lowest BCUT2D eigenvalue weighted by Crippen LogP contribution is -2.27. The number of carboxylic acid groups (broad SMARTS) is 1. The maximum absolute atomic E-state index is 10.9. The van der Waals surface area contributed by atoms with Gasteiger partial charge in [-0.25, -0.2) is 0 Å². The third-order valence-electron chi connectivity index (χ3n) is 1.96. The molecule has 0 aliphatic carbocycles. The molecule has 0 atom stereocenters. The van der Waals surface area contributed by atoms with Gasteiger partial charge < -0.3 is 5.11 Å². The van der Waals surface area contributed by atoms with Gasteiger partial charge in [0.25, 0.3) is 0 Å². The van der Waals surface area contributed by atoms with Crippen LogP contribution < -0.4 is 0 Å². The van der Waals surface area contributed by atoms with E-state index in [0.717, 1.165) is 10.4 Å². The van der Waals surface area contributed by atoms with Gasteiger partial charge in [-0.3, -0.25) is 4.79 Å². The van der Waals surface area contributed by atoms with Crippen LogP contribution in [0.1, 0.15) is 24.3 Å². The predicted molar refractivity (Wildman–Crippen MR) is 49.7 cm³/mol. The number of carboxylic acids is 1. The normalized spacial score (nSPS) is 11.6. The Balaban J connectivity index is 3.13. The topological polar surface area (TPSA) is 37.3 Å². The van der Waals surface area contributed by atoms with Crippen molar-refractivity contribution in [2.24, 2.45) is 0 Å². The van der Waals surface area contributed by atoms with Crippen molar-refractivity contribution >= 4 is 17.3 Å². The monoisotopic (exact) mass is 184 g/mol. The fourth-order valence-corrected chi connectivity index (χ4v) is 2.15. The highest BCUT2D eigenvalue weighted by Gasteiger charge is 2.31. The molecule has 1 aromatic heterocycles. The standard InChI is InChI=1S/C9H12O2S/c1-6-4-5-12-7(6)9(2,3)8(10)11/h4-5H,1-3H3,(H,10,11). The van der Waals surface area contributed by atoms with Gasteiger partial charge in [-0.15, -0.1) is 11.3 Å². The summed E-state index contributed by atoms with van der Waals surface area (Å²) in [6.07, 6.45) is 0. The Labute approximate surface area is 75.9 Å². The highest BCUT2D eigenvalue weighted by atomic mass is 32.1. The summed E-state index contributed by atoms with van der Waals surface area (Å²) in [5.74, 6) is -0.770. The van der Waals surface area contributed by atoms with Gasteiger partial charge in [0.1, 0.15) is 0 Å². The number of thiophene rings is 1. The summed E-state index contributed by atoms with van der Waals surface area (Å²) >= 11 is 1.50. The fourth-order valence-electron chi connectivity index (χ4n) is 1.11. The molecule has 0 aliphatic heterocycles. The number of hydrogen-bond acceptors (Lipinski definition) is 2. The van der Waals surface area contributed by atoms with Gasteiger partial charge in [0.15, 0.2) is 0 Å². The molecule has 12 heavy (non-hydrogen) atoms. The van der Waals surface area contributed by atoms with Crippen LogP contribution in [-0.4, -0.2) is 11.1 Å². The molecule has 1 heterocycles. The van der Waals surface area contributed by atoms with Crippen LogP contribution in [0.15, 0.2) is 11.4 Å². The van der Waals surface area contributed by atoms with Crippen LogP contribution in [0.2, 0.25) is 0 Å². The Bertz CT molecular complexity index is 299. The number of rotatable bonds is 2. The second kappa shape index (κ2) is 2.90. The zero-order valence-corrected chi connectivity index (χ0v) is 8.23. The average Bonchev–Trinajstić information content (AvgIpc) is 2.35. The van der Waals surface area contributed by atoms with E-state index < -0.39 is 11.4 Å². The molecule has 0 spiro atoms. The Morgan fingerprint density at radius 1 is 1.58 bits per heavy atom. The zero-order chi connectivity index (χ0) is 9.35. The summed E-state index contributed by atoms with van der Waals surface area (Å²) in [7, 11) is 0. The third-order valence-corrected chi connectivity index (χ3v) is 3.30. The molecule has 0 aromatic carbocycles. The van der Waals surface area contributed by atoms with Crippen molar-refractivity contribution in [2.45, 2.75) is 26.2 Å². The molecule has 0 aliphatic rings. The lowest BCUT2D eigenvalue weighted by atomic mass is 9.90. The third kappa shape index (κ3) is 1.37. The number of carbonyl (C=O) groups is 1. The molecule has 0 fully saturated rings. The van der Waals surface area contributed by atoms with Gasteiger partial charge in [0, 0.05) is 4.88 Å². The van der Waals surface area contributed by atoms with E-state index in [1.807, 2.05) is 18.4 Å². The maximum atomic E-state index is 10.9. The first-order chi connectivity index (χ1) is 5.46. The number of aryl methyl sites for hydroxylation is 1. The summed E-state index contributed by atoms with van der Waals surface area (Å²) < 4.78 is 0. The molecule has 0 radical (unpaired) electrons. The number of aliphatic carboxylic acids is 1. The van der Waals surface area contributed by atoms with Gasteiger partial charge in [-0.2, -0.15) is 0 Å². The Kier molecular flexibility index (Phi) is 2.24. The maximum Gasteiger partial charge on any atom is 0.314 e. The van der Waals surface area contributed by atoms with Crippen molar-refractivity contribution in [1.82, 2.24) is 0 Å². The van der Waals surface area contributed by atoms with Crippen LogP contribution in [0.25, 0.3) is 0 Å². The van der Waals surface area contributed by atoms with Crippen LogP contribution in [0.4, 0.5) is 0 Å². The van der Waals surface area contributed by atoms with E-state index in [-0.39, 0.29) is 0 Å². The van der Waals surface area contributed by atoms with Crippen molar-refractivity contribution in [3.05, 3.63) is 21.9 Å². The van der Waals surface area contributed by atoms with Gasteiger partial charge in [-0.05, 0) is 37.8 Å². The zero-order valence-electron chi connectivity index (χ0n) is 7.42. The summed E-state index contributed by atoms with van der Waals surface area (Å²) in [5, 5.41) is 10.9. The first-order valence-corrected chi connectivity index (χ1v) is 4.62. The second-order valence-electron chi connectivity index (χ2n) is 3.36. The summed E-state index contributed by atoms with van der Waals surface area (Å²) in [6, 6.07) is 1.95. The van der Waals surface area contributed by atoms with Crippen molar-refractivity contribution in [1.29, 1.82) is 0 Å². The van der Waals surface area contributed by atoms with Crippen LogP contribution in [0, 0.1) is 6.92 Å². The minimum absolute atomic E-state index is 0.752. The van der Waals surface area contributed by atoms with Crippen molar-refractivity contribution < 1.29 is 9.90 Å². The van der Waals surface area contributed by atoms with Crippen molar-refractivity contribution in [3.8, 4) is 0 Å². The van der Waals surface area contributed by atoms with Crippen LogP contribution in [0.5, 0.6) is 0 Å². The minimum Gasteiger partial charge on any atom is -0.481 e. The highest BCUT2D eigenvalue weighted by molar-refractivity contribution is 7.10. The van der Waals surface area contributed by atoms with E-state index in [2.05, 4.69) is 0 Å². The number of hydrogen-bond donors (Lipinski definition) is 1. The molecular weight excluding hydrogens is 172 g/mol. The van der Waals surface area contributed by atoms with Gasteiger partial charge >= 0.3 is 5.97 Å². The molecule has 2 nitrogen and oxygen atoms in total. The molecule has 1 N–H and O–H groups in total. The van der Waals surface area contributed by atoms with E-state index >= 15 is 0 Å². The molecule has 66 valence electrons. The largest absolute Gasteiger partial charge is 0.481 e. The molecule has 3 heteroatoms. The van der Waals surface area contributed by atoms with Gasteiger partial charge in [-0.1, -0.05) is 0 Å². The van der Waals surface area contributed by atoms with E-state index in [0.29, 0.717) is 0 Å². The van der Waals surface area contributed by atoms with Crippen molar-refractivity contribution in [3.63, 3.8) is 0 Å². The predicted octanol–water partition coefficient (Wildman–Crippen LogP) is 2.42. The molecule has 0 amide bonds. The quantitative estimate of drug-likeness (QED) is 0.766. The SMILES string of the molecule is Cc1ccsc1C(C)(C)C(=O)O. The molecule has 0 unspecified atom stereocenters. The van der Waals surface area contributed by atoms with Crippen LogP contribution >= 0.6 is 11.3 Å². The molecule has 1 aromatic rings. The van der Waals surface area contributed by atoms with Gasteiger partial charge in [0.05, 0.1) is 5.41 Å². The molecular formula is C9H12O2S. The molecule has 0 saturated carbocycles. The van der Waals surface area contributed by atoms with Gasteiger partial charge in [0.2, 0.25) is 0 Å². The second-order valence-corrected chi connectivity index (χ2v) is 4.28. The average molecular weight is 184 g/mol. The van der Waals surface area contributed by atoms with Crippen LogP contribution in [0.3, 0.4) is 0 Å². The Morgan fingerprint density at radius 3 is 2.50 bits per heavy atom. The smallest absolute Gasteiger partial charge is 0.314 e. The van der Waals surface area contributed by atoms with E-state index in [1.54, 1.807) is 13.8 Å². The molecule has 0 bridgehead atoms. The van der Waals surface area contributed by atoms with Crippen LogP contribution in [-0.2, 0) is 10.2 Å². The summed E-state index contributed by atoms with van der Waals surface area (Å²) in [6.45, 7) is 5.40. The Hall–Kier alpha value is -0.830. The fraction of sp³-hybridized carbons (Fsp3) is 0.444. The highest BCUT2D eigenvalue weighted by Crippen LogP contribution is 2.30. The minimum atomic E-state index is -0.770. The van der Waals surface area contributed by atoms with E-state index in [9.17, 15) is 4.79 Å². The first-order valence-electron chi connectivity index (χ1n) is 3.74. The summed E-state index contributed by atoms with van der Waals surface area (Å²) in [4.78, 5) is 11.8. The van der Waals surface area contributed by atoms with E-state index in [1.165, 1.54) is 11.3 Å². The lowest BCUT2D eigenvalue weighted by Gasteiger charge is -2.18. The molecule has 1 rings (SSSR count). The lowest BCUT2D eigenvalue weighted by molar-refractivity contribution is -0.142. The van der Waals surface area contributed by atoms with Crippen molar-refractivity contribution in [2.75, 3.05) is 0 Å². The Morgan fingerprint density at radius 2 is 2.17 bits per heavy atom.